The second kappa shape index (κ2) is 6.04. The van der Waals surface area contributed by atoms with Gasteiger partial charge >= 0.3 is 6.03 Å². The third kappa shape index (κ3) is 2.99. The standard InChI is InChI=1S/C18H16N2O3/c1-12-7-9-14(10-8-12)20-17(22)15(16(21)19-18(20)23)11-13-5-3-2-4-6-13/h2-10,15H,11H2,1H3,(H,19,21,23). The van der Waals surface area contributed by atoms with Crippen molar-refractivity contribution in [3.05, 3.63) is 65.7 Å². The summed E-state index contributed by atoms with van der Waals surface area (Å²) in [5.74, 6) is -1.95. The van der Waals surface area contributed by atoms with E-state index in [2.05, 4.69) is 5.32 Å². The van der Waals surface area contributed by atoms with Crippen molar-refractivity contribution in [2.24, 2.45) is 5.92 Å². The van der Waals surface area contributed by atoms with Crippen LogP contribution in [0, 0.1) is 12.8 Å². The number of nitrogens with one attached hydrogen (secondary N) is 1. The molecular formula is C18H16N2O3. The summed E-state index contributed by atoms with van der Waals surface area (Å²) in [6.07, 6.45) is 0.265. The van der Waals surface area contributed by atoms with Gasteiger partial charge in [-0.25, -0.2) is 9.69 Å². The van der Waals surface area contributed by atoms with Crippen molar-refractivity contribution in [2.45, 2.75) is 13.3 Å². The molecule has 0 bridgehead atoms. The van der Waals surface area contributed by atoms with E-state index in [4.69, 9.17) is 0 Å². The fourth-order valence-corrected chi connectivity index (χ4v) is 2.58. The predicted octanol–water partition coefficient (Wildman–Crippen LogP) is 2.44. The lowest BCUT2D eigenvalue weighted by atomic mass is 9.95. The highest BCUT2D eigenvalue weighted by Crippen LogP contribution is 2.23. The lowest BCUT2D eigenvalue weighted by Crippen LogP contribution is -2.58. The second-order valence-corrected chi connectivity index (χ2v) is 5.55. The molecule has 0 saturated carbocycles. The number of urea groups is 1. The molecule has 1 unspecified atom stereocenters. The smallest absolute Gasteiger partial charge is 0.277 e. The van der Waals surface area contributed by atoms with Gasteiger partial charge < -0.3 is 0 Å². The second-order valence-electron chi connectivity index (χ2n) is 5.55. The van der Waals surface area contributed by atoms with Gasteiger partial charge in [-0.1, -0.05) is 48.0 Å². The number of carbonyl (C=O) groups excluding carboxylic acids is 3. The van der Waals surface area contributed by atoms with Crippen molar-refractivity contribution < 1.29 is 14.4 Å². The number of benzene rings is 2. The summed E-state index contributed by atoms with van der Waals surface area (Å²) >= 11 is 0. The van der Waals surface area contributed by atoms with Gasteiger partial charge in [0.2, 0.25) is 11.8 Å². The fraction of sp³-hybridized carbons (Fsp3) is 0.167. The Bertz CT molecular complexity index is 754. The number of carbonyl (C=O) groups is 3. The zero-order chi connectivity index (χ0) is 16.4. The summed E-state index contributed by atoms with van der Waals surface area (Å²) in [4.78, 5) is 37.9. The molecule has 5 heteroatoms. The molecule has 2 aromatic carbocycles. The molecule has 1 fully saturated rings. The summed E-state index contributed by atoms with van der Waals surface area (Å²) in [5.41, 5.74) is 2.36. The molecule has 1 saturated heterocycles. The van der Waals surface area contributed by atoms with E-state index < -0.39 is 23.8 Å². The molecule has 2 aromatic rings. The molecule has 1 heterocycles. The Hall–Kier alpha value is -2.95. The SMILES string of the molecule is Cc1ccc(N2C(=O)NC(=O)C(Cc3ccccc3)C2=O)cc1. The van der Waals surface area contributed by atoms with Crippen LogP contribution in [-0.4, -0.2) is 17.8 Å². The molecule has 0 aliphatic carbocycles. The Morgan fingerprint density at radius 3 is 2.26 bits per heavy atom. The van der Waals surface area contributed by atoms with Gasteiger partial charge in [0.25, 0.3) is 0 Å². The Labute approximate surface area is 133 Å². The summed E-state index contributed by atoms with van der Waals surface area (Å²) in [6, 6.07) is 15.6. The number of hydrogen-bond donors (Lipinski definition) is 1. The third-order valence-electron chi connectivity index (χ3n) is 3.84. The van der Waals surface area contributed by atoms with E-state index in [9.17, 15) is 14.4 Å². The highest BCUT2D eigenvalue weighted by atomic mass is 16.2. The quantitative estimate of drug-likeness (QED) is 0.886. The fourth-order valence-electron chi connectivity index (χ4n) is 2.58. The number of imide groups is 2. The van der Waals surface area contributed by atoms with E-state index >= 15 is 0 Å². The molecule has 0 radical (unpaired) electrons. The average Bonchev–Trinajstić information content (AvgIpc) is 2.54. The van der Waals surface area contributed by atoms with Crippen LogP contribution in [0.2, 0.25) is 0 Å². The van der Waals surface area contributed by atoms with Gasteiger partial charge in [-0.15, -0.1) is 0 Å². The Morgan fingerprint density at radius 2 is 1.61 bits per heavy atom. The van der Waals surface area contributed by atoms with Crippen molar-refractivity contribution in [3.63, 3.8) is 0 Å². The van der Waals surface area contributed by atoms with Gasteiger partial charge in [-0.3, -0.25) is 14.9 Å². The number of barbiturate groups is 1. The minimum atomic E-state index is -0.906. The maximum Gasteiger partial charge on any atom is 0.335 e. The number of amides is 4. The van der Waals surface area contributed by atoms with Crippen LogP contribution in [-0.2, 0) is 16.0 Å². The minimum Gasteiger partial charge on any atom is -0.277 e. The van der Waals surface area contributed by atoms with Crippen molar-refractivity contribution in [2.75, 3.05) is 4.90 Å². The first kappa shape index (κ1) is 15.0. The van der Waals surface area contributed by atoms with E-state index in [0.29, 0.717) is 5.69 Å². The van der Waals surface area contributed by atoms with E-state index in [1.54, 1.807) is 12.1 Å². The molecule has 3 rings (SSSR count). The van der Waals surface area contributed by atoms with Crippen LogP contribution in [0.25, 0.3) is 0 Å². The number of rotatable bonds is 3. The minimum absolute atomic E-state index is 0.265. The summed E-state index contributed by atoms with van der Waals surface area (Å²) in [5, 5.41) is 2.27. The van der Waals surface area contributed by atoms with Gasteiger partial charge in [0, 0.05) is 0 Å². The summed E-state index contributed by atoms with van der Waals surface area (Å²) < 4.78 is 0. The maximum atomic E-state index is 12.7. The Balaban J connectivity index is 1.89. The van der Waals surface area contributed by atoms with Crippen molar-refractivity contribution in [1.82, 2.24) is 5.32 Å². The van der Waals surface area contributed by atoms with Crippen molar-refractivity contribution in [3.8, 4) is 0 Å². The molecule has 5 nitrogen and oxygen atoms in total. The monoisotopic (exact) mass is 308 g/mol. The Morgan fingerprint density at radius 1 is 0.957 bits per heavy atom. The summed E-state index contributed by atoms with van der Waals surface area (Å²) in [6.45, 7) is 1.92. The largest absolute Gasteiger partial charge is 0.335 e. The molecule has 0 spiro atoms. The van der Waals surface area contributed by atoms with E-state index in [1.807, 2.05) is 49.4 Å². The van der Waals surface area contributed by atoms with Crippen molar-refractivity contribution in [1.29, 1.82) is 0 Å². The topological polar surface area (TPSA) is 66.5 Å². The van der Waals surface area contributed by atoms with Crippen molar-refractivity contribution >= 4 is 23.5 Å². The molecule has 23 heavy (non-hydrogen) atoms. The van der Waals surface area contributed by atoms with Crippen LogP contribution in [0.4, 0.5) is 10.5 Å². The van der Waals surface area contributed by atoms with Gasteiger partial charge in [0.1, 0.15) is 5.92 Å². The van der Waals surface area contributed by atoms with Crippen LogP contribution >= 0.6 is 0 Å². The molecule has 4 amide bonds. The van der Waals surface area contributed by atoms with E-state index in [1.165, 1.54) is 0 Å². The molecule has 1 N–H and O–H groups in total. The molecule has 1 aliphatic rings. The number of anilines is 1. The molecular weight excluding hydrogens is 292 g/mol. The van der Waals surface area contributed by atoms with Crippen LogP contribution < -0.4 is 10.2 Å². The summed E-state index contributed by atoms with van der Waals surface area (Å²) in [7, 11) is 0. The molecule has 1 atom stereocenters. The van der Waals surface area contributed by atoms with Gasteiger partial charge in [0.05, 0.1) is 5.69 Å². The molecule has 0 aromatic heterocycles. The highest BCUT2D eigenvalue weighted by Gasteiger charge is 2.41. The zero-order valence-corrected chi connectivity index (χ0v) is 12.7. The number of aryl methyl sites for hydroxylation is 1. The average molecular weight is 308 g/mol. The zero-order valence-electron chi connectivity index (χ0n) is 12.7. The van der Waals surface area contributed by atoms with E-state index in [-0.39, 0.29) is 6.42 Å². The third-order valence-corrected chi connectivity index (χ3v) is 3.84. The molecule has 116 valence electrons. The lowest BCUT2D eigenvalue weighted by molar-refractivity contribution is -0.134. The number of hydrogen-bond acceptors (Lipinski definition) is 3. The first-order chi connectivity index (χ1) is 11.1. The maximum absolute atomic E-state index is 12.7. The normalized spacial score (nSPS) is 18.0. The van der Waals surface area contributed by atoms with Crippen LogP contribution in [0.15, 0.2) is 54.6 Å². The van der Waals surface area contributed by atoms with Gasteiger partial charge in [-0.05, 0) is 31.0 Å². The van der Waals surface area contributed by atoms with Gasteiger partial charge in [0.15, 0.2) is 0 Å². The number of nitrogens with zero attached hydrogens (tertiary/aromatic N) is 1. The van der Waals surface area contributed by atoms with Crippen LogP contribution in [0.1, 0.15) is 11.1 Å². The molecule has 1 aliphatic heterocycles. The highest BCUT2D eigenvalue weighted by molar-refractivity contribution is 6.27. The van der Waals surface area contributed by atoms with Crippen LogP contribution in [0.3, 0.4) is 0 Å². The predicted molar refractivity (Wildman–Crippen MR) is 85.8 cm³/mol. The first-order valence-electron chi connectivity index (χ1n) is 7.35. The first-order valence-corrected chi connectivity index (χ1v) is 7.35. The lowest BCUT2D eigenvalue weighted by Gasteiger charge is -2.30. The van der Waals surface area contributed by atoms with Crippen LogP contribution in [0.5, 0.6) is 0 Å². The Kier molecular flexibility index (Phi) is 3.93. The van der Waals surface area contributed by atoms with Gasteiger partial charge in [-0.2, -0.15) is 0 Å². The van der Waals surface area contributed by atoms with E-state index in [0.717, 1.165) is 16.0 Å².